The highest BCUT2D eigenvalue weighted by Gasteiger charge is 2.40. The summed E-state index contributed by atoms with van der Waals surface area (Å²) in [6.45, 7) is 8.50. The Bertz CT molecular complexity index is 2270. The van der Waals surface area contributed by atoms with E-state index in [1.807, 2.05) is 0 Å². The summed E-state index contributed by atoms with van der Waals surface area (Å²) in [4.78, 5) is 78.5. The highest BCUT2D eigenvalue weighted by atomic mass is 16.7. The first-order valence-corrected chi connectivity index (χ1v) is 35.6. The van der Waals surface area contributed by atoms with Crippen LogP contribution in [-0.4, -0.2) is 362 Å². The normalized spacial score (nSPS) is 23.7. The van der Waals surface area contributed by atoms with Crippen molar-refractivity contribution in [2.45, 2.75) is 208 Å². The fourth-order valence-corrected chi connectivity index (χ4v) is 10.3. The molecule has 3 saturated heterocycles. The average molecular weight is 1500 g/mol. The molecule has 0 aromatic heterocycles. The van der Waals surface area contributed by atoms with Crippen LogP contribution in [0.15, 0.2) is 0 Å². The monoisotopic (exact) mass is 1500 g/mol. The minimum Gasteiger partial charge on any atom is -0.481 e. The number of aliphatic carboxylic acids is 1. The fourth-order valence-electron chi connectivity index (χ4n) is 10.3. The zero-order chi connectivity index (χ0) is 75.7. The van der Waals surface area contributed by atoms with Crippen molar-refractivity contribution < 1.29 is 156 Å². The van der Waals surface area contributed by atoms with Gasteiger partial charge in [-0.05, 0) is 72.6 Å². The van der Waals surface area contributed by atoms with E-state index in [1.54, 1.807) is 27.7 Å². The number of carboxylic acids is 1. The Balaban J connectivity index is 1.48. The first kappa shape index (κ1) is 93.0. The highest BCUT2D eigenvalue weighted by Crippen LogP contribution is 2.25. The summed E-state index contributed by atoms with van der Waals surface area (Å²) in [6, 6.07) is -2.26. The molecule has 37 heteroatoms. The molecule has 3 aliphatic rings. The second kappa shape index (κ2) is 55.3. The van der Waals surface area contributed by atoms with Crippen LogP contribution in [0.3, 0.4) is 0 Å². The molecule has 0 spiro atoms. The van der Waals surface area contributed by atoms with Gasteiger partial charge in [-0.3, -0.25) is 28.8 Å². The number of carbonyl (C=O) groups excluding carboxylic acids is 5. The lowest BCUT2D eigenvalue weighted by molar-refractivity contribution is -0.259. The number of hydrogen-bond acceptors (Lipinski definition) is 31. The van der Waals surface area contributed by atoms with Gasteiger partial charge in [0.25, 0.3) is 0 Å². The van der Waals surface area contributed by atoms with Gasteiger partial charge >= 0.3 is 5.97 Å². The molecule has 3 fully saturated rings. The van der Waals surface area contributed by atoms with E-state index in [9.17, 15) is 79.8 Å². The second-order valence-electron chi connectivity index (χ2n) is 26.0. The number of carboxylic acid groups (broad SMARTS) is 1. The van der Waals surface area contributed by atoms with Gasteiger partial charge in [0.1, 0.15) is 68.5 Å². The number of nitrogens with one attached hydrogen (secondary N) is 5. The number of carbonyl (C=O) groups is 6. The molecule has 14 unspecified atom stereocenters. The highest BCUT2D eigenvalue weighted by molar-refractivity contribution is 5.92. The standard InChI is InChI=1S/C66H121N5O32/c1-65(2,14-17-100-66(3,4)13-12-56(81)82)71-64(87)46(10-6-5-8-15-67-53(78)42-94-27-24-88-18-21-91-30-33-97-57-36-47(75)60(83)50(39-72)101-57)70-63(86)45(69-55(80)44-96-29-26-90-20-23-93-32-35-99-59-38-49(77)62(85)52(41-74)103-59)11-7-9-16-68-54(79)43-95-28-25-89-19-22-92-31-34-98-58-37-48(76)61(84)51(40-73)102-58/h45-52,57-62,72-77,83-85H,5-44H2,1-4H3,(H,67,78)(H,68,79)(H,69,80)(H,70,86)(H,71,87)(H,81,82). The number of rotatable bonds is 62. The minimum atomic E-state index is -1.22. The molecular formula is C66H121N5O32. The maximum absolute atomic E-state index is 14.3. The van der Waals surface area contributed by atoms with Crippen LogP contribution in [0.25, 0.3) is 0 Å². The summed E-state index contributed by atoms with van der Waals surface area (Å²) in [5, 5.41) is 111. The molecule has 0 aromatic carbocycles. The van der Waals surface area contributed by atoms with Gasteiger partial charge in [0.05, 0.1) is 163 Å². The van der Waals surface area contributed by atoms with E-state index in [2.05, 4.69) is 26.6 Å². The van der Waals surface area contributed by atoms with Crippen LogP contribution in [-0.2, 0) is 105 Å². The lowest BCUT2D eigenvalue weighted by atomic mass is 9.98. The van der Waals surface area contributed by atoms with E-state index in [0.29, 0.717) is 45.1 Å². The third-order valence-electron chi connectivity index (χ3n) is 16.3. The molecule has 103 heavy (non-hydrogen) atoms. The maximum atomic E-state index is 14.3. The van der Waals surface area contributed by atoms with Crippen molar-refractivity contribution in [2.75, 3.05) is 178 Å². The Kier molecular flexibility index (Phi) is 49.9. The number of hydrogen-bond donors (Lipinski definition) is 15. The molecule has 0 radical (unpaired) electrons. The van der Waals surface area contributed by atoms with Crippen LogP contribution in [0.5, 0.6) is 0 Å². The van der Waals surface area contributed by atoms with Crippen molar-refractivity contribution in [3.63, 3.8) is 0 Å². The van der Waals surface area contributed by atoms with Crippen molar-refractivity contribution in [1.29, 1.82) is 0 Å². The van der Waals surface area contributed by atoms with E-state index < -0.39 is 153 Å². The molecule has 0 saturated carbocycles. The quantitative estimate of drug-likeness (QED) is 0.0255. The summed E-state index contributed by atoms with van der Waals surface area (Å²) in [7, 11) is 0. The van der Waals surface area contributed by atoms with E-state index in [-0.39, 0.29) is 196 Å². The fraction of sp³-hybridized carbons (Fsp3) is 0.909. The van der Waals surface area contributed by atoms with Gasteiger partial charge in [-0.15, -0.1) is 0 Å². The lowest BCUT2D eigenvalue weighted by Crippen LogP contribution is -2.57. The first-order valence-electron chi connectivity index (χ1n) is 35.6. The Morgan fingerprint density at radius 1 is 0.417 bits per heavy atom. The molecule has 15 N–H and O–H groups in total. The average Bonchev–Trinajstić information content (AvgIpc) is 0.870. The van der Waals surface area contributed by atoms with E-state index >= 15 is 0 Å². The van der Waals surface area contributed by atoms with Crippen LogP contribution >= 0.6 is 0 Å². The first-order chi connectivity index (χ1) is 49.4. The Morgan fingerprint density at radius 2 is 0.757 bits per heavy atom. The van der Waals surface area contributed by atoms with E-state index in [0.717, 1.165) is 0 Å². The number of aliphatic hydroxyl groups excluding tert-OH is 9. The molecule has 3 heterocycles. The molecule has 5 amide bonds. The largest absolute Gasteiger partial charge is 0.481 e. The molecule has 14 atom stereocenters. The third-order valence-corrected chi connectivity index (χ3v) is 16.3. The van der Waals surface area contributed by atoms with Crippen LogP contribution in [0, 0.1) is 0 Å². The van der Waals surface area contributed by atoms with Crippen LogP contribution in [0.4, 0.5) is 0 Å². The van der Waals surface area contributed by atoms with Crippen molar-refractivity contribution in [3.05, 3.63) is 0 Å². The molecule has 0 aromatic rings. The topological polar surface area (TPSA) is 513 Å². The van der Waals surface area contributed by atoms with Crippen molar-refractivity contribution in [2.24, 2.45) is 0 Å². The summed E-state index contributed by atoms with van der Waals surface area (Å²) in [5.74, 6) is -3.51. The van der Waals surface area contributed by atoms with Gasteiger partial charge in [0.2, 0.25) is 29.5 Å². The Hall–Kier alpha value is -4.18. The van der Waals surface area contributed by atoms with Crippen molar-refractivity contribution in [3.8, 4) is 0 Å². The summed E-state index contributed by atoms with van der Waals surface area (Å²) >= 11 is 0. The van der Waals surface area contributed by atoms with Gasteiger partial charge in [-0.2, -0.15) is 0 Å². The molecule has 0 aliphatic carbocycles. The van der Waals surface area contributed by atoms with Crippen molar-refractivity contribution >= 4 is 35.5 Å². The molecular weight excluding hydrogens is 1370 g/mol. The summed E-state index contributed by atoms with van der Waals surface area (Å²) in [5.41, 5.74) is -1.63. The SMILES string of the molecule is CC(C)(CCOC(C)(C)CCC(=O)O)NC(=O)C(CCCCCNC(=O)COCCOCCOCCOC1CC(O)C(O)C(CO)O1)NC(=O)C(CCCCNC(=O)COCCOCCOCCOC1CC(O)C(O)C(CO)O1)NC(=O)COCCOCCOCCOC1CC(O)C(O)C(CO)O1. The number of ether oxygens (including phenoxy) is 16. The minimum absolute atomic E-state index is 0.00447. The molecule has 3 rings (SSSR count). The number of unbranched alkanes of at least 4 members (excludes halogenated alkanes) is 3. The van der Waals surface area contributed by atoms with Crippen molar-refractivity contribution in [1.82, 2.24) is 26.6 Å². The molecule has 602 valence electrons. The molecule has 3 aliphatic heterocycles. The van der Waals surface area contributed by atoms with Gasteiger partial charge in [-0.1, -0.05) is 12.8 Å². The predicted molar refractivity (Wildman–Crippen MR) is 358 cm³/mol. The Labute approximate surface area is 602 Å². The van der Waals surface area contributed by atoms with Gasteiger partial charge < -0.3 is 153 Å². The summed E-state index contributed by atoms with van der Waals surface area (Å²) < 4.78 is 88.3. The predicted octanol–water partition coefficient (Wildman–Crippen LogP) is -4.45. The van der Waals surface area contributed by atoms with Crippen LogP contribution < -0.4 is 26.6 Å². The lowest BCUT2D eigenvalue weighted by Gasteiger charge is -2.35. The maximum Gasteiger partial charge on any atom is 0.303 e. The van der Waals surface area contributed by atoms with Crippen LogP contribution in [0.2, 0.25) is 0 Å². The van der Waals surface area contributed by atoms with Gasteiger partial charge in [0, 0.05) is 50.9 Å². The number of amides is 5. The second-order valence-corrected chi connectivity index (χ2v) is 26.0. The summed E-state index contributed by atoms with van der Waals surface area (Å²) in [6.07, 6.45) is -9.11. The van der Waals surface area contributed by atoms with Gasteiger partial charge in [-0.25, -0.2) is 0 Å². The molecule has 0 bridgehead atoms. The van der Waals surface area contributed by atoms with Gasteiger partial charge in [0.15, 0.2) is 18.9 Å². The van der Waals surface area contributed by atoms with Crippen LogP contribution in [0.1, 0.15) is 111 Å². The Morgan fingerprint density at radius 3 is 1.14 bits per heavy atom. The molecule has 37 nitrogen and oxygen atoms in total. The number of aliphatic hydroxyl groups is 9. The van der Waals surface area contributed by atoms with E-state index in [1.165, 1.54) is 0 Å². The van der Waals surface area contributed by atoms with E-state index in [4.69, 9.17) is 75.8 Å². The zero-order valence-electron chi connectivity index (χ0n) is 60.3. The zero-order valence-corrected chi connectivity index (χ0v) is 60.3. The third kappa shape index (κ3) is 43.4. The smallest absolute Gasteiger partial charge is 0.303 e.